The van der Waals surface area contributed by atoms with E-state index in [4.69, 9.17) is 5.73 Å². The molecule has 0 aromatic heterocycles. The Morgan fingerprint density at radius 2 is 1.74 bits per heavy atom. The first-order valence-corrected chi connectivity index (χ1v) is 6.03. The van der Waals surface area contributed by atoms with Gasteiger partial charge in [-0.15, -0.1) is 0 Å². The van der Waals surface area contributed by atoms with Crippen LogP contribution in [0.25, 0.3) is 0 Å². The van der Waals surface area contributed by atoms with Gasteiger partial charge in [-0.2, -0.15) is 0 Å². The van der Waals surface area contributed by atoms with E-state index < -0.39 is 17.7 Å². The lowest BCUT2D eigenvalue weighted by Crippen LogP contribution is -2.05. The first kappa shape index (κ1) is 13.6. The van der Waals surface area contributed by atoms with Gasteiger partial charge in [0.1, 0.15) is 17.7 Å². The van der Waals surface area contributed by atoms with E-state index in [2.05, 4.69) is 0 Å². The summed E-state index contributed by atoms with van der Waals surface area (Å²) < 4.78 is 26.4. The van der Waals surface area contributed by atoms with Crippen LogP contribution in [0.2, 0.25) is 0 Å². The predicted molar refractivity (Wildman–Crippen MR) is 69.6 cm³/mol. The maximum atomic E-state index is 13.6. The number of halogens is 2. The Bertz CT molecular complexity index is 555. The standard InChI is InChI=1S/C15H15F2NO/c16-12-5-6-13(14(17)9-12)15(19)11-3-1-10(2-4-11)7-8-18/h1-6,9,15,19H,7-8,18H2. The lowest BCUT2D eigenvalue weighted by atomic mass is 9.99. The first-order valence-electron chi connectivity index (χ1n) is 6.03. The topological polar surface area (TPSA) is 46.2 Å². The largest absolute Gasteiger partial charge is 0.384 e. The van der Waals surface area contributed by atoms with Crippen molar-refractivity contribution in [2.24, 2.45) is 5.73 Å². The highest BCUT2D eigenvalue weighted by molar-refractivity contribution is 5.33. The van der Waals surface area contributed by atoms with Crippen LogP contribution >= 0.6 is 0 Å². The van der Waals surface area contributed by atoms with Gasteiger partial charge in [0.15, 0.2) is 0 Å². The van der Waals surface area contributed by atoms with Gasteiger partial charge in [0.05, 0.1) is 0 Å². The number of aliphatic hydroxyl groups is 1. The fourth-order valence-corrected chi connectivity index (χ4v) is 1.94. The normalized spacial score (nSPS) is 12.4. The molecular formula is C15H15F2NO. The quantitative estimate of drug-likeness (QED) is 0.890. The minimum atomic E-state index is -1.10. The van der Waals surface area contributed by atoms with E-state index in [1.54, 1.807) is 12.1 Å². The molecule has 2 rings (SSSR count). The van der Waals surface area contributed by atoms with Crippen molar-refractivity contribution >= 4 is 0 Å². The summed E-state index contributed by atoms with van der Waals surface area (Å²) in [5.74, 6) is -1.41. The second-order valence-electron chi connectivity index (χ2n) is 4.35. The zero-order valence-electron chi connectivity index (χ0n) is 10.3. The molecule has 0 aliphatic heterocycles. The van der Waals surface area contributed by atoms with Crippen molar-refractivity contribution < 1.29 is 13.9 Å². The zero-order valence-corrected chi connectivity index (χ0v) is 10.3. The molecule has 0 spiro atoms. The van der Waals surface area contributed by atoms with Crippen LogP contribution in [-0.2, 0) is 6.42 Å². The Kier molecular flexibility index (Phi) is 4.24. The zero-order chi connectivity index (χ0) is 13.8. The highest BCUT2D eigenvalue weighted by Gasteiger charge is 2.15. The molecule has 3 N–H and O–H groups in total. The molecule has 0 bridgehead atoms. The second kappa shape index (κ2) is 5.91. The molecular weight excluding hydrogens is 248 g/mol. The lowest BCUT2D eigenvalue weighted by Gasteiger charge is -2.13. The predicted octanol–water partition coefficient (Wildman–Crippen LogP) is 2.55. The third-order valence-corrected chi connectivity index (χ3v) is 2.99. The van der Waals surface area contributed by atoms with Crippen LogP contribution in [0.3, 0.4) is 0 Å². The van der Waals surface area contributed by atoms with Gasteiger partial charge in [0.25, 0.3) is 0 Å². The molecule has 4 heteroatoms. The number of benzene rings is 2. The summed E-state index contributed by atoms with van der Waals surface area (Å²) in [6.45, 7) is 0.550. The van der Waals surface area contributed by atoms with Gasteiger partial charge in [-0.25, -0.2) is 8.78 Å². The first-order chi connectivity index (χ1) is 9.11. The Morgan fingerprint density at radius 1 is 1.05 bits per heavy atom. The van der Waals surface area contributed by atoms with E-state index in [0.717, 1.165) is 24.1 Å². The monoisotopic (exact) mass is 263 g/mol. The summed E-state index contributed by atoms with van der Waals surface area (Å²) in [6.07, 6.45) is -0.353. The molecule has 0 amide bonds. The van der Waals surface area contributed by atoms with Crippen LogP contribution < -0.4 is 5.73 Å². The van der Waals surface area contributed by atoms with Gasteiger partial charge in [0.2, 0.25) is 0 Å². The SMILES string of the molecule is NCCc1ccc(C(O)c2ccc(F)cc2F)cc1. The molecule has 0 aliphatic rings. The summed E-state index contributed by atoms with van der Waals surface area (Å²) in [7, 11) is 0. The number of hydrogen-bond donors (Lipinski definition) is 2. The molecule has 19 heavy (non-hydrogen) atoms. The summed E-state index contributed by atoms with van der Waals surface area (Å²) in [5, 5.41) is 10.1. The second-order valence-corrected chi connectivity index (χ2v) is 4.35. The molecule has 0 heterocycles. The van der Waals surface area contributed by atoms with Crippen LogP contribution in [0.4, 0.5) is 8.78 Å². The number of rotatable bonds is 4. The molecule has 1 atom stereocenters. The third-order valence-electron chi connectivity index (χ3n) is 2.99. The number of aliphatic hydroxyl groups excluding tert-OH is 1. The van der Waals surface area contributed by atoms with Crippen molar-refractivity contribution in [3.63, 3.8) is 0 Å². The average molecular weight is 263 g/mol. The molecule has 1 unspecified atom stereocenters. The van der Waals surface area contributed by atoms with E-state index in [9.17, 15) is 13.9 Å². The van der Waals surface area contributed by atoms with E-state index in [0.29, 0.717) is 12.1 Å². The van der Waals surface area contributed by atoms with Gasteiger partial charge < -0.3 is 10.8 Å². The molecule has 0 fully saturated rings. The van der Waals surface area contributed by atoms with Crippen LogP contribution in [0.15, 0.2) is 42.5 Å². The summed E-state index contributed by atoms with van der Waals surface area (Å²) in [6, 6.07) is 10.3. The van der Waals surface area contributed by atoms with Crippen molar-refractivity contribution in [3.05, 3.63) is 70.8 Å². The molecule has 0 aliphatic carbocycles. The molecule has 2 nitrogen and oxygen atoms in total. The van der Waals surface area contributed by atoms with E-state index in [1.807, 2.05) is 12.1 Å². The lowest BCUT2D eigenvalue weighted by molar-refractivity contribution is 0.214. The Hall–Kier alpha value is -1.78. The summed E-state index contributed by atoms with van der Waals surface area (Å²) >= 11 is 0. The van der Waals surface area contributed by atoms with Crippen molar-refractivity contribution in [2.45, 2.75) is 12.5 Å². The molecule has 0 radical (unpaired) electrons. The van der Waals surface area contributed by atoms with Gasteiger partial charge in [0, 0.05) is 11.6 Å². The van der Waals surface area contributed by atoms with Crippen LogP contribution in [0, 0.1) is 11.6 Å². The van der Waals surface area contributed by atoms with Crippen molar-refractivity contribution in [3.8, 4) is 0 Å². The van der Waals surface area contributed by atoms with Crippen molar-refractivity contribution in [1.82, 2.24) is 0 Å². The Labute approximate surface area is 110 Å². The molecule has 0 saturated heterocycles. The summed E-state index contributed by atoms with van der Waals surface area (Å²) in [5.41, 5.74) is 7.13. The van der Waals surface area contributed by atoms with E-state index in [-0.39, 0.29) is 5.56 Å². The highest BCUT2D eigenvalue weighted by Crippen LogP contribution is 2.25. The van der Waals surface area contributed by atoms with Gasteiger partial charge in [-0.3, -0.25) is 0 Å². The van der Waals surface area contributed by atoms with Crippen LogP contribution in [0.1, 0.15) is 22.8 Å². The number of nitrogens with two attached hydrogens (primary N) is 1. The fraction of sp³-hybridized carbons (Fsp3) is 0.200. The van der Waals surface area contributed by atoms with E-state index in [1.165, 1.54) is 6.07 Å². The van der Waals surface area contributed by atoms with Gasteiger partial charge in [-0.05, 0) is 30.2 Å². The average Bonchev–Trinajstić information content (AvgIpc) is 2.39. The van der Waals surface area contributed by atoms with Gasteiger partial charge >= 0.3 is 0 Å². The molecule has 2 aromatic carbocycles. The fourth-order valence-electron chi connectivity index (χ4n) is 1.94. The molecule has 100 valence electrons. The Balaban J connectivity index is 2.25. The number of hydrogen-bond acceptors (Lipinski definition) is 2. The molecule has 2 aromatic rings. The minimum Gasteiger partial charge on any atom is -0.384 e. The summed E-state index contributed by atoms with van der Waals surface area (Å²) in [4.78, 5) is 0. The smallest absolute Gasteiger partial charge is 0.132 e. The van der Waals surface area contributed by atoms with Crippen molar-refractivity contribution in [1.29, 1.82) is 0 Å². The van der Waals surface area contributed by atoms with E-state index >= 15 is 0 Å². The maximum Gasteiger partial charge on any atom is 0.132 e. The van der Waals surface area contributed by atoms with Crippen molar-refractivity contribution in [2.75, 3.05) is 6.54 Å². The maximum absolute atomic E-state index is 13.6. The van der Waals surface area contributed by atoms with Gasteiger partial charge in [-0.1, -0.05) is 30.3 Å². The van der Waals surface area contributed by atoms with Crippen LogP contribution in [0.5, 0.6) is 0 Å². The minimum absolute atomic E-state index is 0.0629. The Morgan fingerprint density at radius 3 is 2.32 bits per heavy atom. The highest BCUT2D eigenvalue weighted by atomic mass is 19.1. The third kappa shape index (κ3) is 3.16. The molecule has 0 saturated carbocycles. The van der Waals surface area contributed by atoms with Crippen LogP contribution in [-0.4, -0.2) is 11.7 Å².